The highest BCUT2D eigenvalue weighted by atomic mass is 16.6. The van der Waals surface area contributed by atoms with Gasteiger partial charge in [-0.2, -0.15) is 0 Å². The predicted molar refractivity (Wildman–Crippen MR) is 75.1 cm³/mol. The van der Waals surface area contributed by atoms with E-state index in [2.05, 4.69) is 10.1 Å². The number of ether oxygens (including phenoxy) is 2. The number of aliphatic hydroxyl groups excluding tert-OH is 3. The minimum atomic E-state index is -1.40. The Bertz CT molecular complexity index is 606. The molecule has 12 nitrogen and oxygen atoms in total. The van der Waals surface area contributed by atoms with Crippen molar-refractivity contribution in [3.05, 3.63) is 12.2 Å². The number of carbonyl (C=O) groups is 2. The Labute approximate surface area is 136 Å². The first-order valence-corrected chi connectivity index (χ1v) is 7.05. The Balaban J connectivity index is 1.99. The zero-order valence-corrected chi connectivity index (χ0v) is 12.7. The maximum Gasteiger partial charge on any atom is 0.325 e. The van der Waals surface area contributed by atoms with Crippen LogP contribution in [0.5, 0.6) is 0 Å². The van der Waals surface area contributed by atoms with Gasteiger partial charge in [-0.15, -0.1) is 5.10 Å². The molecule has 0 radical (unpaired) electrons. The molecule has 0 aliphatic carbocycles. The molecule has 1 saturated heterocycles. The first-order valence-electron chi connectivity index (χ1n) is 7.05. The maximum atomic E-state index is 11.6. The van der Waals surface area contributed by atoms with Crippen molar-refractivity contribution < 1.29 is 34.4 Å². The lowest BCUT2D eigenvalue weighted by molar-refractivity contribution is -0.154. The van der Waals surface area contributed by atoms with Gasteiger partial charge in [0, 0.05) is 0 Å². The number of nitrogens with zero attached hydrogens (tertiary/aromatic N) is 3. The standard InChI is InChI=1S/C12H19N5O7/c1-4(18)6(13)12(22)23-2-5-7(19)8(20)11(24-5)17-3-15-10(16-17)9(14)21/h3-8,11,18-20H,2,13H2,1H3,(H2,14,21)/t4-,5-,6-,7-,8-,11-/m1/s1. The van der Waals surface area contributed by atoms with Gasteiger partial charge in [0.2, 0.25) is 5.82 Å². The fourth-order valence-electron chi connectivity index (χ4n) is 2.05. The first-order chi connectivity index (χ1) is 11.2. The highest BCUT2D eigenvalue weighted by Gasteiger charge is 2.45. The zero-order chi connectivity index (χ0) is 18.0. The van der Waals surface area contributed by atoms with Crippen LogP contribution in [0.1, 0.15) is 23.8 Å². The summed E-state index contributed by atoms with van der Waals surface area (Å²) < 4.78 is 11.3. The van der Waals surface area contributed by atoms with E-state index in [-0.39, 0.29) is 5.82 Å². The largest absolute Gasteiger partial charge is 0.462 e. The van der Waals surface area contributed by atoms with Crippen LogP contribution in [0, 0.1) is 0 Å². The number of carbonyl (C=O) groups excluding carboxylic acids is 2. The third kappa shape index (κ3) is 3.68. The predicted octanol–water partition coefficient (Wildman–Crippen LogP) is -3.75. The summed E-state index contributed by atoms with van der Waals surface area (Å²) in [5.74, 6) is -2.02. The Morgan fingerprint density at radius 2 is 2.12 bits per heavy atom. The van der Waals surface area contributed by atoms with Gasteiger partial charge in [0.15, 0.2) is 6.23 Å². The minimum absolute atomic E-state index is 0.280. The van der Waals surface area contributed by atoms with Gasteiger partial charge in [-0.3, -0.25) is 9.59 Å². The monoisotopic (exact) mass is 345 g/mol. The molecule has 0 spiro atoms. The second-order valence-corrected chi connectivity index (χ2v) is 5.36. The summed E-state index contributed by atoms with van der Waals surface area (Å²) in [5, 5.41) is 32.9. The number of hydrogen-bond acceptors (Lipinski definition) is 10. The Kier molecular flexibility index (Phi) is 5.46. The van der Waals surface area contributed by atoms with Crippen LogP contribution >= 0.6 is 0 Å². The number of nitrogens with two attached hydrogens (primary N) is 2. The Morgan fingerprint density at radius 3 is 2.67 bits per heavy atom. The molecule has 7 N–H and O–H groups in total. The molecule has 0 aromatic carbocycles. The van der Waals surface area contributed by atoms with E-state index in [4.69, 9.17) is 20.9 Å². The molecule has 1 aromatic heterocycles. The van der Waals surface area contributed by atoms with Crippen molar-refractivity contribution in [2.75, 3.05) is 6.61 Å². The van der Waals surface area contributed by atoms with E-state index in [1.165, 1.54) is 6.92 Å². The van der Waals surface area contributed by atoms with Crippen molar-refractivity contribution in [2.24, 2.45) is 11.5 Å². The average Bonchev–Trinajstić information content (AvgIpc) is 3.11. The molecular formula is C12H19N5O7. The number of rotatable bonds is 6. The molecule has 24 heavy (non-hydrogen) atoms. The summed E-state index contributed by atoms with van der Waals surface area (Å²) in [5.41, 5.74) is 10.4. The number of amides is 1. The van der Waals surface area contributed by atoms with Crippen LogP contribution in [0.2, 0.25) is 0 Å². The van der Waals surface area contributed by atoms with E-state index in [9.17, 15) is 24.9 Å². The van der Waals surface area contributed by atoms with E-state index in [1.807, 2.05) is 0 Å². The molecule has 1 amide bonds. The molecule has 0 unspecified atom stereocenters. The highest BCUT2D eigenvalue weighted by Crippen LogP contribution is 2.29. The molecule has 1 aliphatic rings. The van der Waals surface area contributed by atoms with Gasteiger partial charge in [-0.05, 0) is 6.92 Å². The van der Waals surface area contributed by atoms with E-state index >= 15 is 0 Å². The van der Waals surface area contributed by atoms with Crippen molar-refractivity contribution in [1.82, 2.24) is 14.8 Å². The van der Waals surface area contributed by atoms with Crippen molar-refractivity contribution in [3.63, 3.8) is 0 Å². The van der Waals surface area contributed by atoms with Crippen LogP contribution in [0.25, 0.3) is 0 Å². The summed E-state index contributed by atoms with van der Waals surface area (Å²) in [6, 6.07) is -1.24. The molecule has 6 atom stereocenters. The van der Waals surface area contributed by atoms with Gasteiger partial charge in [0.1, 0.15) is 37.3 Å². The molecule has 0 saturated carbocycles. The van der Waals surface area contributed by atoms with Gasteiger partial charge >= 0.3 is 5.97 Å². The van der Waals surface area contributed by atoms with Gasteiger partial charge in [0.05, 0.1) is 6.10 Å². The van der Waals surface area contributed by atoms with Gasteiger partial charge in [-0.25, -0.2) is 9.67 Å². The van der Waals surface area contributed by atoms with Crippen molar-refractivity contribution in [2.45, 2.75) is 43.6 Å². The molecule has 0 bridgehead atoms. The number of primary amides is 1. The molecular weight excluding hydrogens is 326 g/mol. The van der Waals surface area contributed by atoms with Crippen molar-refractivity contribution in [1.29, 1.82) is 0 Å². The third-order valence-electron chi connectivity index (χ3n) is 3.51. The molecule has 12 heteroatoms. The first kappa shape index (κ1) is 18.2. The number of aliphatic hydroxyl groups is 3. The lowest BCUT2D eigenvalue weighted by atomic mass is 10.1. The van der Waals surface area contributed by atoms with E-state index < -0.39 is 55.2 Å². The molecule has 1 fully saturated rings. The van der Waals surface area contributed by atoms with E-state index in [1.54, 1.807) is 0 Å². The third-order valence-corrected chi connectivity index (χ3v) is 3.51. The summed E-state index contributed by atoms with van der Waals surface area (Å²) in [6.07, 6.45) is -4.98. The fraction of sp³-hybridized carbons (Fsp3) is 0.667. The van der Waals surface area contributed by atoms with Crippen LogP contribution in [-0.4, -0.2) is 79.0 Å². The fourth-order valence-corrected chi connectivity index (χ4v) is 2.05. The molecule has 134 valence electrons. The van der Waals surface area contributed by atoms with E-state index in [0.29, 0.717) is 0 Å². The molecule has 2 rings (SSSR count). The van der Waals surface area contributed by atoms with Crippen molar-refractivity contribution >= 4 is 11.9 Å². The lowest BCUT2D eigenvalue weighted by Crippen LogP contribution is -2.43. The average molecular weight is 345 g/mol. The normalized spacial score (nSPS) is 29.2. The Hall–Kier alpha value is -2.12. The zero-order valence-electron chi connectivity index (χ0n) is 12.7. The van der Waals surface area contributed by atoms with Crippen LogP contribution in [0.15, 0.2) is 6.33 Å². The van der Waals surface area contributed by atoms with Crippen LogP contribution < -0.4 is 11.5 Å². The smallest absolute Gasteiger partial charge is 0.325 e. The maximum absolute atomic E-state index is 11.6. The summed E-state index contributed by atoms with van der Waals surface area (Å²) >= 11 is 0. The molecule has 2 heterocycles. The summed E-state index contributed by atoms with van der Waals surface area (Å²) in [7, 11) is 0. The molecule has 1 aliphatic heterocycles. The number of esters is 1. The van der Waals surface area contributed by atoms with E-state index in [0.717, 1.165) is 11.0 Å². The SMILES string of the molecule is C[C@@H](O)[C@@H](N)C(=O)OC[C@H]1O[C@@H](n2cnc(C(N)=O)n2)[C@H](O)[C@@H]1O. The molecule has 1 aromatic rings. The second kappa shape index (κ2) is 7.19. The topological polar surface area (TPSA) is 196 Å². The minimum Gasteiger partial charge on any atom is -0.462 e. The van der Waals surface area contributed by atoms with Crippen LogP contribution in [0.3, 0.4) is 0 Å². The second-order valence-electron chi connectivity index (χ2n) is 5.36. The number of hydrogen-bond donors (Lipinski definition) is 5. The number of aromatic nitrogens is 3. The van der Waals surface area contributed by atoms with Crippen LogP contribution in [0.4, 0.5) is 0 Å². The van der Waals surface area contributed by atoms with Gasteiger partial charge in [0.25, 0.3) is 5.91 Å². The van der Waals surface area contributed by atoms with Gasteiger partial charge in [-0.1, -0.05) is 0 Å². The van der Waals surface area contributed by atoms with Gasteiger partial charge < -0.3 is 36.3 Å². The van der Waals surface area contributed by atoms with Crippen molar-refractivity contribution in [3.8, 4) is 0 Å². The highest BCUT2D eigenvalue weighted by molar-refractivity contribution is 5.88. The Morgan fingerprint density at radius 1 is 1.46 bits per heavy atom. The lowest BCUT2D eigenvalue weighted by Gasteiger charge is -2.17. The summed E-state index contributed by atoms with van der Waals surface area (Å²) in [6.45, 7) is 0.930. The quantitative estimate of drug-likeness (QED) is 0.319. The summed E-state index contributed by atoms with van der Waals surface area (Å²) in [4.78, 5) is 26.2. The van der Waals surface area contributed by atoms with Crippen LogP contribution in [-0.2, 0) is 14.3 Å².